The number of nitrogens with zero attached hydrogens (tertiary/aromatic N) is 3. The molecular formula is C11H15N5OS. The SMILES string of the molecule is CCCOc1cncc(C(NN)c2csnn2)c1. The zero-order valence-corrected chi connectivity index (χ0v) is 10.9. The Balaban J connectivity index is 2.20. The molecule has 0 saturated carbocycles. The molecule has 1 unspecified atom stereocenters. The van der Waals surface area contributed by atoms with Gasteiger partial charge in [0.05, 0.1) is 24.5 Å². The van der Waals surface area contributed by atoms with Gasteiger partial charge in [-0.15, -0.1) is 5.10 Å². The van der Waals surface area contributed by atoms with Crippen molar-refractivity contribution in [1.82, 2.24) is 20.0 Å². The Labute approximate surface area is 109 Å². The van der Waals surface area contributed by atoms with E-state index in [9.17, 15) is 0 Å². The molecule has 7 heteroatoms. The minimum atomic E-state index is -0.221. The highest BCUT2D eigenvalue weighted by Crippen LogP contribution is 2.22. The first-order valence-corrected chi connectivity index (χ1v) is 6.49. The summed E-state index contributed by atoms with van der Waals surface area (Å²) < 4.78 is 9.38. The van der Waals surface area contributed by atoms with Crippen LogP contribution in [0.1, 0.15) is 30.6 Å². The van der Waals surface area contributed by atoms with E-state index >= 15 is 0 Å². The van der Waals surface area contributed by atoms with Gasteiger partial charge in [0.1, 0.15) is 5.75 Å². The van der Waals surface area contributed by atoms with Crippen molar-refractivity contribution >= 4 is 11.5 Å². The van der Waals surface area contributed by atoms with Gasteiger partial charge in [0.2, 0.25) is 0 Å². The molecule has 0 amide bonds. The van der Waals surface area contributed by atoms with Crippen LogP contribution < -0.4 is 16.0 Å². The summed E-state index contributed by atoms with van der Waals surface area (Å²) in [5, 5.41) is 5.86. The smallest absolute Gasteiger partial charge is 0.137 e. The van der Waals surface area contributed by atoms with Crippen LogP contribution in [0.15, 0.2) is 23.8 Å². The summed E-state index contributed by atoms with van der Waals surface area (Å²) in [6.07, 6.45) is 4.38. The fourth-order valence-electron chi connectivity index (χ4n) is 1.54. The van der Waals surface area contributed by atoms with Gasteiger partial charge in [-0.05, 0) is 29.6 Å². The van der Waals surface area contributed by atoms with Crippen molar-refractivity contribution in [1.29, 1.82) is 0 Å². The molecule has 1 atom stereocenters. The Bertz CT molecular complexity index is 476. The lowest BCUT2D eigenvalue weighted by molar-refractivity contribution is 0.315. The predicted molar refractivity (Wildman–Crippen MR) is 69.1 cm³/mol. The molecule has 6 nitrogen and oxygen atoms in total. The van der Waals surface area contributed by atoms with E-state index in [4.69, 9.17) is 10.6 Å². The summed E-state index contributed by atoms with van der Waals surface area (Å²) >= 11 is 1.29. The van der Waals surface area contributed by atoms with Gasteiger partial charge in [0.25, 0.3) is 0 Å². The minimum absolute atomic E-state index is 0.221. The number of hydrogen-bond donors (Lipinski definition) is 2. The summed E-state index contributed by atoms with van der Waals surface area (Å²) in [4.78, 5) is 4.15. The number of aromatic nitrogens is 3. The second-order valence-electron chi connectivity index (χ2n) is 3.73. The van der Waals surface area contributed by atoms with Gasteiger partial charge in [-0.2, -0.15) is 0 Å². The Morgan fingerprint density at radius 2 is 2.39 bits per heavy atom. The lowest BCUT2D eigenvalue weighted by atomic mass is 10.1. The van der Waals surface area contributed by atoms with Crippen LogP contribution in [0.5, 0.6) is 5.75 Å². The van der Waals surface area contributed by atoms with Gasteiger partial charge in [0, 0.05) is 11.6 Å². The normalized spacial score (nSPS) is 12.3. The topological polar surface area (TPSA) is 86.0 Å². The number of nitrogens with two attached hydrogens (primary N) is 1. The Morgan fingerprint density at radius 3 is 3.06 bits per heavy atom. The standard InChI is InChI=1S/C11H15N5OS/c1-2-3-17-9-4-8(5-13-6-9)11(14-12)10-7-18-16-15-10/h4-7,11,14H,2-3,12H2,1H3. The summed E-state index contributed by atoms with van der Waals surface area (Å²) in [5.74, 6) is 6.30. The molecule has 0 aromatic carbocycles. The van der Waals surface area contributed by atoms with E-state index in [0.29, 0.717) is 6.61 Å². The van der Waals surface area contributed by atoms with Crippen molar-refractivity contribution < 1.29 is 4.74 Å². The van der Waals surface area contributed by atoms with Gasteiger partial charge in [0.15, 0.2) is 0 Å². The van der Waals surface area contributed by atoms with Gasteiger partial charge < -0.3 is 4.74 Å². The van der Waals surface area contributed by atoms with E-state index in [1.54, 1.807) is 12.4 Å². The van der Waals surface area contributed by atoms with E-state index in [1.165, 1.54) is 11.5 Å². The molecule has 2 rings (SSSR count). The van der Waals surface area contributed by atoms with Crippen LogP contribution in [0.4, 0.5) is 0 Å². The van der Waals surface area contributed by atoms with Gasteiger partial charge in [-0.1, -0.05) is 11.4 Å². The molecule has 2 heterocycles. The highest BCUT2D eigenvalue weighted by Gasteiger charge is 2.16. The van der Waals surface area contributed by atoms with E-state index in [1.807, 2.05) is 11.4 Å². The van der Waals surface area contributed by atoms with Crippen LogP contribution >= 0.6 is 11.5 Å². The molecule has 18 heavy (non-hydrogen) atoms. The molecule has 2 aromatic rings. The molecule has 0 aliphatic rings. The first kappa shape index (κ1) is 12.9. The maximum absolute atomic E-state index is 5.56. The predicted octanol–water partition coefficient (Wildman–Crippen LogP) is 1.27. The second-order valence-corrected chi connectivity index (χ2v) is 4.34. The Kier molecular flexibility index (Phi) is 4.57. The van der Waals surface area contributed by atoms with Crippen LogP contribution in [0.2, 0.25) is 0 Å². The number of pyridine rings is 1. The molecule has 2 aromatic heterocycles. The lowest BCUT2D eigenvalue weighted by Crippen LogP contribution is -2.29. The van der Waals surface area contributed by atoms with Crippen molar-refractivity contribution in [3.05, 3.63) is 35.1 Å². The highest BCUT2D eigenvalue weighted by atomic mass is 32.1. The summed E-state index contributed by atoms with van der Waals surface area (Å²) in [5.41, 5.74) is 4.39. The molecule has 0 aliphatic carbocycles. The van der Waals surface area contributed by atoms with Crippen molar-refractivity contribution in [2.45, 2.75) is 19.4 Å². The van der Waals surface area contributed by atoms with Crippen molar-refractivity contribution in [3.63, 3.8) is 0 Å². The Hall–Kier alpha value is -1.57. The summed E-state index contributed by atoms with van der Waals surface area (Å²) in [6.45, 7) is 2.73. The summed E-state index contributed by atoms with van der Waals surface area (Å²) in [6, 6.07) is 1.69. The molecule has 0 fully saturated rings. The third-order valence-corrected chi connectivity index (χ3v) is 2.90. The quantitative estimate of drug-likeness (QED) is 0.604. The first-order valence-electron chi connectivity index (χ1n) is 5.66. The van der Waals surface area contributed by atoms with Gasteiger partial charge >= 0.3 is 0 Å². The van der Waals surface area contributed by atoms with Crippen LogP contribution in [0, 0.1) is 0 Å². The lowest BCUT2D eigenvalue weighted by Gasteiger charge is -2.14. The van der Waals surface area contributed by atoms with Crippen LogP contribution in [0.3, 0.4) is 0 Å². The van der Waals surface area contributed by atoms with Crippen LogP contribution in [0.25, 0.3) is 0 Å². The molecule has 0 saturated heterocycles. The monoisotopic (exact) mass is 265 g/mol. The van der Waals surface area contributed by atoms with Crippen LogP contribution in [-0.2, 0) is 0 Å². The maximum Gasteiger partial charge on any atom is 0.137 e. The van der Waals surface area contributed by atoms with Crippen molar-refractivity contribution in [3.8, 4) is 5.75 Å². The van der Waals surface area contributed by atoms with E-state index in [0.717, 1.165) is 23.4 Å². The number of nitrogens with one attached hydrogen (secondary N) is 1. The van der Waals surface area contributed by atoms with Crippen LogP contribution in [-0.4, -0.2) is 21.2 Å². The van der Waals surface area contributed by atoms with E-state index < -0.39 is 0 Å². The highest BCUT2D eigenvalue weighted by molar-refractivity contribution is 7.03. The Morgan fingerprint density at radius 1 is 1.50 bits per heavy atom. The molecule has 3 N–H and O–H groups in total. The third kappa shape index (κ3) is 3.00. The maximum atomic E-state index is 5.56. The average Bonchev–Trinajstić information content (AvgIpc) is 2.92. The van der Waals surface area contributed by atoms with E-state index in [2.05, 4.69) is 26.9 Å². The van der Waals surface area contributed by atoms with Crippen molar-refractivity contribution in [2.75, 3.05) is 6.61 Å². The molecule has 0 spiro atoms. The van der Waals surface area contributed by atoms with Crippen molar-refractivity contribution in [2.24, 2.45) is 5.84 Å². The van der Waals surface area contributed by atoms with Gasteiger partial charge in [-0.3, -0.25) is 10.8 Å². The fourth-order valence-corrected chi connectivity index (χ4v) is 2.02. The third-order valence-electron chi connectivity index (χ3n) is 2.38. The minimum Gasteiger partial charge on any atom is -0.492 e. The average molecular weight is 265 g/mol. The number of hydrogen-bond acceptors (Lipinski definition) is 7. The number of ether oxygens (including phenoxy) is 1. The van der Waals surface area contributed by atoms with Gasteiger partial charge in [-0.25, -0.2) is 5.43 Å². The second kappa shape index (κ2) is 6.39. The van der Waals surface area contributed by atoms with E-state index in [-0.39, 0.29) is 6.04 Å². The zero-order chi connectivity index (χ0) is 12.8. The fraction of sp³-hybridized carbons (Fsp3) is 0.364. The number of hydrazine groups is 1. The molecule has 0 radical (unpaired) electrons. The summed E-state index contributed by atoms with van der Waals surface area (Å²) in [7, 11) is 0. The largest absolute Gasteiger partial charge is 0.492 e. The molecular weight excluding hydrogens is 250 g/mol. The molecule has 96 valence electrons. The zero-order valence-electron chi connectivity index (χ0n) is 10.0. The molecule has 0 aliphatic heterocycles. The molecule has 0 bridgehead atoms. The number of rotatable bonds is 6. The first-order chi connectivity index (χ1) is 8.85.